The van der Waals surface area contributed by atoms with Crippen LogP contribution in [0.3, 0.4) is 0 Å². The van der Waals surface area contributed by atoms with Gasteiger partial charge in [-0.05, 0) is 44.2 Å². The maximum atomic E-state index is 14.2. The zero-order valence-corrected chi connectivity index (χ0v) is 19.6. The molecule has 1 aromatic carbocycles. The number of likely N-dealkylation sites (tertiary alicyclic amines) is 1. The summed E-state index contributed by atoms with van der Waals surface area (Å²) in [5, 5.41) is 13.8. The summed E-state index contributed by atoms with van der Waals surface area (Å²) >= 11 is 0. The lowest BCUT2D eigenvalue weighted by atomic mass is 10.1. The number of amides is 3. The lowest BCUT2D eigenvalue weighted by Gasteiger charge is -2.24. The van der Waals surface area contributed by atoms with Crippen LogP contribution in [0.1, 0.15) is 54.0 Å². The second-order valence-corrected chi connectivity index (χ2v) is 9.03. The summed E-state index contributed by atoms with van der Waals surface area (Å²) in [4.78, 5) is 43.3. The van der Waals surface area contributed by atoms with E-state index in [2.05, 4.69) is 15.6 Å². The highest BCUT2D eigenvalue weighted by atomic mass is 19.1. The number of hydrogen-bond donors (Lipinski definition) is 4. The molecule has 35 heavy (non-hydrogen) atoms. The Morgan fingerprint density at radius 2 is 2.03 bits per heavy atom. The van der Waals surface area contributed by atoms with Crippen molar-refractivity contribution < 1.29 is 18.8 Å². The number of hydrogen-bond acceptors (Lipinski definition) is 6. The monoisotopic (exact) mass is 480 g/mol. The summed E-state index contributed by atoms with van der Waals surface area (Å²) in [6.07, 6.45) is 4.73. The van der Waals surface area contributed by atoms with E-state index in [1.165, 1.54) is 11.1 Å². The van der Waals surface area contributed by atoms with E-state index >= 15 is 0 Å². The van der Waals surface area contributed by atoms with Gasteiger partial charge in [-0.1, -0.05) is 18.2 Å². The van der Waals surface area contributed by atoms with E-state index in [1.54, 1.807) is 31.2 Å². The van der Waals surface area contributed by atoms with Gasteiger partial charge in [-0.2, -0.15) is 0 Å². The lowest BCUT2D eigenvalue weighted by molar-refractivity contribution is -0.137. The second-order valence-electron chi connectivity index (χ2n) is 9.03. The van der Waals surface area contributed by atoms with E-state index in [0.29, 0.717) is 47.7 Å². The van der Waals surface area contributed by atoms with Crippen LogP contribution in [-0.2, 0) is 20.9 Å². The van der Waals surface area contributed by atoms with Gasteiger partial charge in [0.05, 0.1) is 18.4 Å². The number of nitrogens with one attached hydrogen (secondary N) is 3. The summed E-state index contributed by atoms with van der Waals surface area (Å²) in [5.41, 5.74) is 7.32. The van der Waals surface area contributed by atoms with Crippen molar-refractivity contribution in [2.24, 2.45) is 5.73 Å². The Bertz CT molecular complexity index is 1180. The van der Waals surface area contributed by atoms with Gasteiger partial charge in [0.25, 0.3) is 5.91 Å². The molecular weight excluding hydrogens is 451 g/mol. The number of rotatable bonds is 9. The third-order valence-electron chi connectivity index (χ3n) is 6.47. The molecule has 184 valence electrons. The van der Waals surface area contributed by atoms with Gasteiger partial charge in [0.2, 0.25) is 11.8 Å². The molecule has 1 aromatic heterocycles. The van der Waals surface area contributed by atoms with Crippen molar-refractivity contribution in [3.05, 3.63) is 58.7 Å². The fourth-order valence-corrected chi connectivity index (χ4v) is 4.31. The number of primary amides is 1. The van der Waals surface area contributed by atoms with Gasteiger partial charge in [-0.25, -0.2) is 4.39 Å². The highest BCUT2D eigenvalue weighted by Crippen LogP contribution is 2.39. The highest BCUT2D eigenvalue weighted by Gasteiger charge is 2.34. The van der Waals surface area contributed by atoms with Crippen molar-refractivity contribution in [3.63, 3.8) is 0 Å². The Morgan fingerprint density at radius 1 is 1.26 bits per heavy atom. The first-order valence-corrected chi connectivity index (χ1v) is 11.7. The predicted molar refractivity (Wildman–Crippen MR) is 128 cm³/mol. The SMILES string of the molecule is Cc1cccc(CNC(=O)C2CCCN2C(=O)CNc2cnc(C3CC3)cc2C(=N)C(N)=O)c1F. The van der Waals surface area contributed by atoms with Gasteiger partial charge in [0, 0.05) is 35.8 Å². The molecule has 0 radical (unpaired) electrons. The topological polar surface area (TPSA) is 141 Å². The Morgan fingerprint density at radius 3 is 2.74 bits per heavy atom. The number of carbonyl (C=O) groups is 3. The van der Waals surface area contributed by atoms with Crippen LogP contribution in [0, 0.1) is 18.2 Å². The smallest absolute Gasteiger partial charge is 0.267 e. The fourth-order valence-electron chi connectivity index (χ4n) is 4.31. The molecule has 5 N–H and O–H groups in total. The van der Waals surface area contributed by atoms with Crippen LogP contribution in [0.15, 0.2) is 30.5 Å². The standard InChI is InChI=1S/C25H29FN6O3/c1-14-4-2-5-16(22(14)26)11-31-25(35)20-6-3-9-32(20)21(33)13-30-19-12-29-18(15-7-8-15)10-17(19)23(27)24(28)34/h2,4-5,10,12,15,20,27,30H,3,6-9,11,13H2,1H3,(H2,28,34)(H,31,35). The summed E-state index contributed by atoms with van der Waals surface area (Å²) in [6.45, 7) is 2.00. The lowest BCUT2D eigenvalue weighted by Crippen LogP contribution is -2.47. The molecule has 4 rings (SSSR count). The molecule has 1 saturated heterocycles. The number of benzene rings is 1. The number of aromatic nitrogens is 1. The molecule has 9 nitrogen and oxygen atoms in total. The van der Waals surface area contributed by atoms with Crippen molar-refractivity contribution in [2.45, 2.75) is 51.1 Å². The number of nitrogens with two attached hydrogens (primary N) is 1. The van der Waals surface area contributed by atoms with Crippen molar-refractivity contribution in [3.8, 4) is 0 Å². The molecule has 1 aliphatic carbocycles. The number of aryl methyl sites for hydroxylation is 1. The number of carbonyl (C=O) groups excluding carboxylic acids is 3. The Hall–Kier alpha value is -3.82. The van der Waals surface area contributed by atoms with E-state index in [1.807, 2.05) is 0 Å². The average molecular weight is 481 g/mol. The van der Waals surface area contributed by atoms with Crippen molar-refractivity contribution >= 4 is 29.1 Å². The third-order valence-corrected chi connectivity index (χ3v) is 6.47. The van der Waals surface area contributed by atoms with E-state index < -0.39 is 11.9 Å². The highest BCUT2D eigenvalue weighted by molar-refractivity contribution is 6.44. The van der Waals surface area contributed by atoms with Crippen molar-refractivity contribution in [1.82, 2.24) is 15.2 Å². The molecule has 1 atom stereocenters. The van der Waals surface area contributed by atoms with Crippen LogP contribution >= 0.6 is 0 Å². The molecule has 2 fully saturated rings. The first kappa shape index (κ1) is 24.3. The van der Waals surface area contributed by atoms with E-state index in [9.17, 15) is 18.8 Å². The van der Waals surface area contributed by atoms with Crippen LogP contribution in [-0.4, -0.2) is 52.4 Å². The Kier molecular flexibility index (Phi) is 7.09. The third kappa shape index (κ3) is 5.47. The molecule has 1 unspecified atom stereocenters. The van der Waals surface area contributed by atoms with Gasteiger partial charge in [-0.15, -0.1) is 0 Å². The quantitative estimate of drug-likeness (QED) is 0.406. The summed E-state index contributed by atoms with van der Waals surface area (Å²) < 4.78 is 14.2. The zero-order chi connectivity index (χ0) is 25.1. The molecule has 0 bridgehead atoms. The minimum atomic E-state index is -0.867. The maximum Gasteiger partial charge on any atom is 0.267 e. The number of nitrogens with zero attached hydrogens (tertiary/aromatic N) is 2. The largest absolute Gasteiger partial charge is 0.374 e. The summed E-state index contributed by atoms with van der Waals surface area (Å²) in [5.74, 6) is -1.53. The first-order chi connectivity index (χ1) is 16.8. The number of anilines is 1. The number of pyridine rings is 1. The van der Waals surface area contributed by atoms with Gasteiger partial charge < -0.3 is 21.3 Å². The maximum absolute atomic E-state index is 14.2. The van der Waals surface area contributed by atoms with Crippen LogP contribution in [0.25, 0.3) is 0 Å². The molecule has 3 amide bonds. The number of halogens is 1. The van der Waals surface area contributed by atoms with E-state index in [-0.39, 0.29) is 36.4 Å². The van der Waals surface area contributed by atoms with Crippen LogP contribution in [0.5, 0.6) is 0 Å². The fraction of sp³-hybridized carbons (Fsp3) is 0.400. The Labute approximate surface area is 202 Å². The van der Waals surface area contributed by atoms with Crippen LogP contribution < -0.4 is 16.4 Å². The minimum absolute atomic E-state index is 0.0424. The van der Waals surface area contributed by atoms with Gasteiger partial charge in [0.15, 0.2) is 0 Å². The minimum Gasteiger partial charge on any atom is -0.374 e. The van der Waals surface area contributed by atoms with E-state index in [0.717, 1.165) is 18.5 Å². The molecule has 1 aliphatic heterocycles. The average Bonchev–Trinajstić information content (AvgIpc) is 3.58. The molecule has 0 spiro atoms. The molecule has 2 aromatic rings. The summed E-state index contributed by atoms with van der Waals surface area (Å²) in [6, 6.07) is 6.05. The van der Waals surface area contributed by atoms with Crippen LogP contribution in [0.2, 0.25) is 0 Å². The Balaban J connectivity index is 1.39. The first-order valence-electron chi connectivity index (χ1n) is 11.7. The predicted octanol–water partition coefficient (Wildman–Crippen LogP) is 1.98. The molecule has 2 heterocycles. The van der Waals surface area contributed by atoms with E-state index in [4.69, 9.17) is 11.1 Å². The molecule has 2 aliphatic rings. The normalized spacial score (nSPS) is 17.2. The zero-order valence-electron chi connectivity index (χ0n) is 19.6. The van der Waals surface area contributed by atoms with Gasteiger partial charge in [0.1, 0.15) is 17.6 Å². The molecule has 1 saturated carbocycles. The van der Waals surface area contributed by atoms with Gasteiger partial charge in [-0.3, -0.25) is 24.8 Å². The second kappa shape index (κ2) is 10.2. The molecular formula is C25H29FN6O3. The van der Waals surface area contributed by atoms with Crippen molar-refractivity contribution in [2.75, 3.05) is 18.4 Å². The van der Waals surface area contributed by atoms with Crippen LogP contribution in [0.4, 0.5) is 10.1 Å². The molecule has 10 heteroatoms. The van der Waals surface area contributed by atoms with Crippen molar-refractivity contribution in [1.29, 1.82) is 5.41 Å². The van der Waals surface area contributed by atoms with Gasteiger partial charge >= 0.3 is 0 Å². The summed E-state index contributed by atoms with van der Waals surface area (Å²) in [7, 11) is 0.